The molecule has 0 aliphatic heterocycles. The van der Waals surface area contributed by atoms with Gasteiger partial charge in [-0.1, -0.05) is 18.2 Å². The van der Waals surface area contributed by atoms with Gasteiger partial charge in [0.05, 0.1) is 17.6 Å². The molecule has 3 rings (SSSR count). The van der Waals surface area contributed by atoms with Crippen molar-refractivity contribution in [3.8, 4) is 5.75 Å². The third-order valence-corrected chi connectivity index (χ3v) is 3.28. The fraction of sp³-hybridized carbons (Fsp3) is 0.188. The van der Waals surface area contributed by atoms with Gasteiger partial charge in [0.1, 0.15) is 18.2 Å². The summed E-state index contributed by atoms with van der Waals surface area (Å²) in [4.78, 5) is 4.56. The Morgan fingerprint density at radius 1 is 1.14 bits per heavy atom. The van der Waals surface area contributed by atoms with Gasteiger partial charge in [-0.25, -0.2) is 4.98 Å². The predicted molar refractivity (Wildman–Crippen MR) is 82.0 cm³/mol. The van der Waals surface area contributed by atoms with E-state index in [0.29, 0.717) is 24.6 Å². The van der Waals surface area contributed by atoms with E-state index in [-0.39, 0.29) is 6.61 Å². The fourth-order valence-electron chi connectivity index (χ4n) is 2.34. The first-order valence-corrected chi connectivity index (χ1v) is 6.81. The number of aliphatic hydroxyl groups excluding tert-OH is 1. The number of aromatic nitrogens is 2. The van der Waals surface area contributed by atoms with E-state index < -0.39 is 0 Å². The van der Waals surface area contributed by atoms with Crippen LogP contribution in [0.1, 0.15) is 5.82 Å². The molecule has 3 N–H and O–H groups in total. The number of hydrogen-bond donors (Lipinski definition) is 2. The highest BCUT2D eigenvalue weighted by Gasteiger charge is 2.10. The maximum Gasteiger partial charge on any atom is 0.148 e. The van der Waals surface area contributed by atoms with Crippen molar-refractivity contribution in [2.45, 2.75) is 13.2 Å². The van der Waals surface area contributed by atoms with Crippen LogP contribution in [0.15, 0.2) is 48.5 Å². The number of fused-ring (bicyclic) bond motifs is 1. The van der Waals surface area contributed by atoms with Gasteiger partial charge in [0, 0.05) is 18.3 Å². The molecule has 1 heterocycles. The lowest BCUT2D eigenvalue weighted by atomic mass is 10.3. The van der Waals surface area contributed by atoms with Crippen LogP contribution >= 0.6 is 0 Å². The van der Waals surface area contributed by atoms with E-state index in [1.165, 1.54) is 0 Å². The van der Waals surface area contributed by atoms with Crippen molar-refractivity contribution in [2.24, 2.45) is 0 Å². The number of imidazole rings is 1. The van der Waals surface area contributed by atoms with E-state index in [1.54, 1.807) is 6.07 Å². The van der Waals surface area contributed by atoms with Gasteiger partial charge in [0.25, 0.3) is 0 Å². The summed E-state index contributed by atoms with van der Waals surface area (Å²) in [6.45, 7) is 0.889. The molecule has 3 aromatic rings. The van der Waals surface area contributed by atoms with Crippen LogP contribution in [-0.2, 0) is 13.2 Å². The minimum absolute atomic E-state index is 0.0612. The zero-order valence-electron chi connectivity index (χ0n) is 11.6. The van der Waals surface area contributed by atoms with Gasteiger partial charge < -0.3 is 20.1 Å². The third-order valence-electron chi connectivity index (χ3n) is 3.28. The van der Waals surface area contributed by atoms with Crippen molar-refractivity contribution in [1.29, 1.82) is 0 Å². The number of ether oxygens (including phenoxy) is 1. The van der Waals surface area contributed by atoms with Gasteiger partial charge in [0.15, 0.2) is 0 Å². The Kier molecular flexibility index (Phi) is 3.75. The standard InChI is InChI=1S/C16H17N3O2/c17-12-4-3-5-13(10-12)21-11-16-18-14-6-1-2-7-15(14)19(16)8-9-20/h1-7,10,20H,8-9,11,17H2. The molecule has 0 spiro atoms. The second-order valence-electron chi connectivity index (χ2n) is 4.75. The van der Waals surface area contributed by atoms with Crippen LogP contribution in [0, 0.1) is 0 Å². The number of aliphatic hydroxyl groups is 1. The van der Waals surface area contributed by atoms with Crippen molar-refractivity contribution >= 4 is 16.7 Å². The molecule has 21 heavy (non-hydrogen) atoms. The van der Waals surface area contributed by atoms with Crippen LogP contribution in [-0.4, -0.2) is 21.3 Å². The SMILES string of the molecule is Nc1cccc(OCc2nc3ccccc3n2CCO)c1. The van der Waals surface area contributed by atoms with Gasteiger partial charge >= 0.3 is 0 Å². The van der Waals surface area contributed by atoms with Gasteiger partial charge in [-0.05, 0) is 24.3 Å². The van der Waals surface area contributed by atoms with Crippen molar-refractivity contribution in [1.82, 2.24) is 9.55 Å². The molecular weight excluding hydrogens is 266 g/mol. The summed E-state index contributed by atoms with van der Waals surface area (Å²) in [6, 6.07) is 15.1. The van der Waals surface area contributed by atoms with E-state index in [2.05, 4.69) is 4.98 Å². The molecule has 0 radical (unpaired) electrons. The van der Waals surface area contributed by atoms with Crippen LogP contribution in [0.25, 0.3) is 11.0 Å². The Balaban J connectivity index is 1.87. The van der Waals surface area contributed by atoms with Gasteiger partial charge in [-0.15, -0.1) is 0 Å². The van der Waals surface area contributed by atoms with Crippen LogP contribution in [0.5, 0.6) is 5.75 Å². The molecular formula is C16H17N3O2. The average molecular weight is 283 g/mol. The lowest BCUT2D eigenvalue weighted by molar-refractivity contribution is 0.260. The zero-order valence-corrected chi connectivity index (χ0v) is 11.6. The monoisotopic (exact) mass is 283 g/mol. The molecule has 0 saturated heterocycles. The highest BCUT2D eigenvalue weighted by atomic mass is 16.5. The zero-order chi connectivity index (χ0) is 14.7. The normalized spacial score (nSPS) is 10.9. The molecule has 1 aromatic heterocycles. The number of nitrogens with two attached hydrogens (primary N) is 1. The highest BCUT2D eigenvalue weighted by molar-refractivity contribution is 5.75. The molecule has 0 saturated carbocycles. The van der Waals surface area contributed by atoms with Crippen molar-refractivity contribution in [3.63, 3.8) is 0 Å². The van der Waals surface area contributed by atoms with Crippen LogP contribution in [0.2, 0.25) is 0 Å². The molecule has 0 unspecified atom stereocenters. The van der Waals surface area contributed by atoms with Crippen molar-refractivity contribution < 1.29 is 9.84 Å². The van der Waals surface area contributed by atoms with E-state index in [1.807, 2.05) is 47.0 Å². The molecule has 0 aliphatic rings. The van der Waals surface area contributed by atoms with Crippen LogP contribution in [0.4, 0.5) is 5.69 Å². The lowest BCUT2D eigenvalue weighted by Crippen LogP contribution is -2.09. The molecule has 0 aliphatic carbocycles. The maximum atomic E-state index is 9.24. The third kappa shape index (κ3) is 2.83. The molecule has 5 nitrogen and oxygen atoms in total. The largest absolute Gasteiger partial charge is 0.486 e. The van der Waals surface area contributed by atoms with E-state index in [0.717, 1.165) is 16.9 Å². The number of nitrogens with zero attached hydrogens (tertiary/aromatic N) is 2. The molecule has 5 heteroatoms. The second kappa shape index (κ2) is 5.85. The summed E-state index contributed by atoms with van der Waals surface area (Å²) in [6.07, 6.45) is 0. The Bertz CT molecular complexity index is 752. The summed E-state index contributed by atoms with van der Waals surface area (Å²) in [5, 5.41) is 9.24. The first kappa shape index (κ1) is 13.5. The minimum Gasteiger partial charge on any atom is -0.486 e. The number of rotatable bonds is 5. The summed E-state index contributed by atoms with van der Waals surface area (Å²) in [5.74, 6) is 1.49. The maximum absolute atomic E-state index is 9.24. The molecule has 108 valence electrons. The number of para-hydroxylation sites is 2. The van der Waals surface area contributed by atoms with Crippen molar-refractivity contribution in [2.75, 3.05) is 12.3 Å². The topological polar surface area (TPSA) is 73.3 Å². The fourth-order valence-corrected chi connectivity index (χ4v) is 2.34. The van der Waals surface area contributed by atoms with Gasteiger partial charge in [0.2, 0.25) is 0 Å². The quantitative estimate of drug-likeness (QED) is 0.704. The Morgan fingerprint density at radius 3 is 2.81 bits per heavy atom. The number of hydrogen-bond acceptors (Lipinski definition) is 4. The molecule has 0 amide bonds. The van der Waals surface area contributed by atoms with Crippen LogP contribution in [0.3, 0.4) is 0 Å². The Morgan fingerprint density at radius 2 is 2.00 bits per heavy atom. The highest BCUT2D eigenvalue weighted by Crippen LogP contribution is 2.19. The molecule has 0 bridgehead atoms. The molecule has 2 aromatic carbocycles. The summed E-state index contributed by atoms with van der Waals surface area (Å²) >= 11 is 0. The van der Waals surface area contributed by atoms with Crippen molar-refractivity contribution in [3.05, 3.63) is 54.4 Å². The smallest absolute Gasteiger partial charge is 0.148 e. The first-order chi connectivity index (χ1) is 10.3. The van der Waals surface area contributed by atoms with Gasteiger partial charge in [-0.3, -0.25) is 0 Å². The average Bonchev–Trinajstić information content (AvgIpc) is 2.84. The van der Waals surface area contributed by atoms with Crippen LogP contribution < -0.4 is 10.5 Å². The molecule has 0 atom stereocenters. The summed E-state index contributed by atoms with van der Waals surface area (Å²) in [7, 11) is 0. The Hall–Kier alpha value is -2.53. The predicted octanol–water partition coefficient (Wildman–Crippen LogP) is 2.19. The van der Waals surface area contributed by atoms with E-state index >= 15 is 0 Å². The second-order valence-corrected chi connectivity index (χ2v) is 4.75. The summed E-state index contributed by atoms with van der Waals surface area (Å²) in [5.41, 5.74) is 8.29. The summed E-state index contributed by atoms with van der Waals surface area (Å²) < 4.78 is 7.72. The van der Waals surface area contributed by atoms with E-state index in [4.69, 9.17) is 10.5 Å². The molecule has 0 fully saturated rings. The Labute approximate surface area is 122 Å². The van der Waals surface area contributed by atoms with Gasteiger partial charge in [-0.2, -0.15) is 0 Å². The number of benzene rings is 2. The number of anilines is 1. The van der Waals surface area contributed by atoms with E-state index in [9.17, 15) is 5.11 Å². The lowest BCUT2D eigenvalue weighted by Gasteiger charge is -2.09. The minimum atomic E-state index is 0.0612. The number of nitrogen functional groups attached to an aromatic ring is 1. The first-order valence-electron chi connectivity index (χ1n) is 6.81.